The number of amides is 2. The molecule has 18 heavy (non-hydrogen) atoms. The fourth-order valence-corrected chi connectivity index (χ4v) is 1.74. The maximum Gasteiger partial charge on any atom is 0.326 e. The molecule has 1 rings (SSSR count). The molecule has 1 saturated carbocycles. The van der Waals surface area contributed by atoms with Gasteiger partial charge in [-0.1, -0.05) is 0 Å². The van der Waals surface area contributed by atoms with Crippen molar-refractivity contribution in [3.05, 3.63) is 0 Å². The molecule has 0 bridgehead atoms. The number of urea groups is 1. The van der Waals surface area contributed by atoms with Crippen LogP contribution in [0.3, 0.4) is 0 Å². The molecule has 0 aromatic heterocycles. The van der Waals surface area contributed by atoms with Gasteiger partial charge in [0.15, 0.2) is 0 Å². The number of aliphatic carboxylic acids is 1. The van der Waals surface area contributed by atoms with Crippen LogP contribution < -0.4 is 5.32 Å². The van der Waals surface area contributed by atoms with Crippen LogP contribution in [0, 0.1) is 5.41 Å². The second-order valence-electron chi connectivity index (χ2n) is 5.03. The molecule has 2 amide bonds. The zero-order chi connectivity index (χ0) is 13.8. The number of carbonyl (C=O) groups excluding carboxylic acids is 1. The van der Waals surface area contributed by atoms with E-state index >= 15 is 0 Å². The second-order valence-corrected chi connectivity index (χ2v) is 5.03. The average Bonchev–Trinajstić information content (AvgIpc) is 3.12. The molecule has 6 heteroatoms. The van der Waals surface area contributed by atoms with E-state index in [1.54, 1.807) is 7.11 Å². The van der Waals surface area contributed by atoms with Crippen LogP contribution >= 0.6 is 0 Å². The van der Waals surface area contributed by atoms with E-state index in [9.17, 15) is 9.59 Å². The lowest BCUT2D eigenvalue weighted by Crippen LogP contribution is -2.47. The highest BCUT2D eigenvalue weighted by Crippen LogP contribution is 2.48. The Balaban J connectivity index is 2.35. The Labute approximate surface area is 107 Å². The molecule has 0 saturated heterocycles. The van der Waals surface area contributed by atoms with Gasteiger partial charge in [-0.25, -0.2) is 9.59 Å². The van der Waals surface area contributed by atoms with E-state index in [1.165, 1.54) is 18.9 Å². The zero-order valence-corrected chi connectivity index (χ0v) is 11.2. The third kappa shape index (κ3) is 3.87. The van der Waals surface area contributed by atoms with Crippen LogP contribution in [0.1, 0.15) is 26.2 Å². The lowest BCUT2D eigenvalue weighted by atomic mass is 10.0. The summed E-state index contributed by atoms with van der Waals surface area (Å²) in [5, 5.41) is 11.6. The molecule has 2 N–H and O–H groups in total. The number of rotatable bonds is 7. The van der Waals surface area contributed by atoms with Gasteiger partial charge in [0.2, 0.25) is 0 Å². The van der Waals surface area contributed by atoms with Crippen molar-refractivity contribution >= 4 is 12.0 Å². The lowest BCUT2D eigenvalue weighted by molar-refractivity contribution is -0.141. The molecule has 0 spiro atoms. The minimum absolute atomic E-state index is 0.166. The van der Waals surface area contributed by atoms with Crippen LogP contribution in [0.25, 0.3) is 0 Å². The van der Waals surface area contributed by atoms with Gasteiger partial charge < -0.3 is 20.1 Å². The first-order valence-electron chi connectivity index (χ1n) is 6.14. The summed E-state index contributed by atoms with van der Waals surface area (Å²) in [7, 11) is 3.15. The van der Waals surface area contributed by atoms with E-state index in [4.69, 9.17) is 9.84 Å². The normalized spacial score (nSPS) is 17.9. The summed E-state index contributed by atoms with van der Waals surface area (Å²) >= 11 is 0. The number of hydrogen-bond acceptors (Lipinski definition) is 3. The number of carbonyl (C=O) groups is 2. The second kappa shape index (κ2) is 6.04. The zero-order valence-electron chi connectivity index (χ0n) is 11.2. The molecular weight excluding hydrogens is 236 g/mol. The Kier molecular flexibility index (Phi) is 4.95. The molecule has 6 nitrogen and oxygen atoms in total. The molecule has 1 unspecified atom stereocenters. The molecule has 1 aliphatic carbocycles. The van der Waals surface area contributed by atoms with Crippen molar-refractivity contribution in [1.29, 1.82) is 0 Å². The first-order valence-corrected chi connectivity index (χ1v) is 6.14. The smallest absolute Gasteiger partial charge is 0.326 e. The highest BCUT2D eigenvalue weighted by molar-refractivity contribution is 5.82. The Morgan fingerprint density at radius 2 is 2.11 bits per heavy atom. The standard InChI is InChI=1S/C12H22N2O4/c1-9(10(15)16)14(2)11(17)13-8-12(4-5-12)6-7-18-3/h9H,4-8H2,1-3H3,(H,13,17)(H,15,16). The van der Waals surface area contributed by atoms with Crippen molar-refractivity contribution in [3.63, 3.8) is 0 Å². The number of nitrogens with zero attached hydrogens (tertiary/aromatic N) is 1. The minimum Gasteiger partial charge on any atom is -0.480 e. The topological polar surface area (TPSA) is 78.9 Å². The largest absolute Gasteiger partial charge is 0.480 e. The maximum atomic E-state index is 11.8. The lowest BCUT2D eigenvalue weighted by Gasteiger charge is -2.23. The van der Waals surface area contributed by atoms with Crippen LogP contribution in [-0.4, -0.2) is 55.4 Å². The maximum absolute atomic E-state index is 11.8. The number of likely N-dealkylation sites (N-methyl/N-ethyl adjacent to an activating group) is 1. The molecular formula is C12H22N2O4. The number of nitrogens with one attached hydrogen (secondary N) is 1. The molecule has 1 atom stereocenters. The quantitative estimate of drug-likeness (QED) is 0.711. The van der Waals surface area contributed by atoms with E-state index in [0.717, 1.165) is 19.3 Å². The van der Waals surface area contributed by atoms with Crippen LogP contribution in [0.2, 0.25) is 0 Å². The van der Waals surface area contributed by atoms with Gasteiger partial charge in [0.1, 0.15) is 6.04 Å². The van der Waals surface area contributed by atoms with E-state index in [2.05, 4.69) is 5.32 Å². The molecule has 0 aromatic carbocycles. The number of carboxylic acid groups (broad SMARTS) is 1. The van der Waals surface area contributed by atoms with Crippen molar-refractivity contribution < 1.29 is 19.4 Å². The first kappa shape index (κ1) is 14.8. The van der Waals surface area contributed by atoms with Crippen LogP contribution in [0.5, 0.6) is 0 Å². The van der Waals surface area contributed by atoms with Crippen molar-refractivity contribution in [2.24, 2.45) is 5.41 Å². The monoisotopic (exact) mass is 258 g/mol. The Morgan fingerprint density at radius 3 is 2.56 bits per heavy atom. The van der Waals surface area contributed by atoms with Crippen LogP contribution in [0.15, 0.2) is 0 Å². The summed E-state index contributed by atoms with van der Waals surface area (Å²) in [5.74, 6) is -1.01. The molecule has 0 radical (unpaired) electrons. The fraction of sp³-hybridized carbons (Fsp3) is 0.833. The molecule has 0 aliphatic heterocycles. The minimum atomic E-state index is -1.01. The number of hydrogen-bond donors (Lipinski definition) is 2. The van der Waals surface area contributed by atoms with E-state index in [1.807, 2.05) is 0 Å². The van der Waals surface area contributed by atoms with Gasteiger partial charge in [0, 0.05) is 27.3 Å². The van der Waals surface area contributed by atoms with Crippen molar-refractivity contribution in [2.45, 2.75) is 32.2 Å². The van der Waals surface area contributed by atoms with Gasteiger partial charge in [-0.05, 0) is 31.6 Å². The van der Waals surface area contributed by atoms with Gasteiger partial charge in [-0.15, -0.1) is 0 Å². The summed E-state index contributed by atoms with van der Waals surface area (Å²) < 4.78 is 5.04. The van der Waals surface area contributed by atoms with Crippen LogP contribution in [0.4, 0.5) is 4.79 Å². The predicted octanol–water partition coefficient (Wildman–Crippen LogP) is 0.918. The average molecular weight is 258 g/mol. The SMILES string of the molecule is COCCC1(CNC(=O)N(C)C(C)C(=O)O)CC1. The summed E-state index contributed by atoms with van der Waals surface area (Å²) in [4.78, 5) is 23.7. The van der Waals surface area contributed by atoms with Crippen molar-refractivity contribution in [3.8, 4) is 0 Å². The van der Waals surface area contributed by atoms with Gasteiger partial charge in [0.25, 0.3) is 0 Å². The summed E-state index contributed by atoms with van der Waals surface area (Å²) in [6, 6.07) is -1.16. The molecule has 1 fully saturated rings. The summed E-state index contributed by atoms with van der Waals surface area (Å²) in [5.41, 5.74) is 0.166. The summed E-state index contributed by atoms with van der Waals surface area (Å²) in [6.07, 6.45) is 3.12. The molecule has 0 heterocycles. The third-order valence-corrected chi connectivity index (χ3v) is 3.67. The highest BCUT2D eigenvalue weighted by Gasteiger charge is 2.42. The van der Waals surface area contributed by atoms with Gasteiger partial charge in [-0.2, -0.15) is 0 Å². The van der Waals surface area contributed by atoms with Gasteiger partial charge in [0.05, 0.1) is 0 Å². The Morgan fingerprint density at radius 1 is 1.50 bits per heavy atom. The van der Waals surface area contributed by atoms with Crippen molar-refractivity contribution in [2.75, 3.05) is 27.3 Å². The van der Waals surface area contributed by atoms with Gasteiger partial charge >= 0.3 is 12.0 Å². The summed E-state index contributed by atoms with van der Waals surface area (Å²) in [6.45, 7) is 2.77. The number of carboxylic acids is 1. The Hall–Kier alpha value is -1.30. The Bertz CT molecular complexity index is 315. The van der Waals surface area contributed by atoms with E-state index in [0.29, 0.717) is 13.2 Å². The highest BCUT2D eigenvalue weighted by atomic mass is 16.5. The van der Waals surface area contributed by atoms with Crippen LogP contribution in [-0.2, 0) is 9.53 Å². The fourth-order valence-electron chi connectivity index (χ4n) is 1.74. The van der Waals surface area contributed by atoms with E-state index < -0.39 is 12.0 Å². The molecule has 1 aliphatic rings. The first-order chi connectivity index (χ1) is 8.42. The number of ether oxygens (including phenoxy) is 1. The predicted molar refractivity (Wildman–Crippen MR) is 66.4 cm³/mol. The van der Waals surface area contributed by atoms with E-state index in [-0.39, 0.29) is 11.4 Å². The molecule has 104 valence electrons. The third-order valence-electron chi connectivity index (χ3n) is 3.67. The number of methoxy groups -OCH3 is 1. The molecule has 0 aromatic rings. The van der Waals surface area contributed by atoms with Gasteiger partial charge in [-0.3, -0.25) is 0 Å². The van der Waals surface area contributed by atoms with Crippen molar-refractivity contribution in [1.82, 2.24) is 10.2 Å².